The lowest BCUT2D eigenvalue weighted by molar-refractivity contribution is -0.346. The van der Waals surface area contributed by atoms with E-state index in [4.69, 9.17) is 34.2 Å². The Kier molecular flexibility index (Phi) is 13.4. The highest BCUT2D eigenvalue weighted by atomic mass is 16.6. The molecular formula is C50H56N2O15. The third kappa shape index (κ3) is 8.53. The Balaban J connectivity index is 1.43. The summed E-state index contributed by atoms with van der Waals surface area (Å²) in [7, 11) is 0. The van der Waals surface area contributed by atoms with Gasteiger partial charge in [-0.1, -0.05) is 80.6 Å². The van der Waals surface area contributed by atoms with Crippen molar-refractivity contribution in [2.24, 2.45) is 22.5 Å². The van der Waals surface area contributed by atoms with Crippen molar-refractivity contribution in [2.75, 3.05) is 6.61 Å². The lowest BCUT2D eigenvalue weighted by Crippen LogP contribution is -2.82. The molecule has 17 nitrogen and oxygen atoms in total. The zero-order valence-electron chi connectivity index (χ0n) is 38.3. The largest absolute Gasteiger partial charge is 0.460 e. The number of benzene rings is 3. The number of aliphatic hydroxyl groups excluding tert-OH is 1. The fourth-order valence-corrected chi connectivity index (χ4v) is 10.6. The van der Waals surface area contributed by atoms with Crippen molar-refractivity contribution in [1.82, 2.24) is 5.32 Å². The van der Waals surface area contributed by atoms with Gasteiger partial charge in [-0.15, -0.1) is 0 Å². The molecular weight excluding hydrogens is 869 g/mol. The predicted octanol–water partition coefficient (Wildman–Crippen LogP) is 3.63. The molecule has 17 heteroatoms. The molecule has 0 spiro atoms. The number of nitrogens with two attached hydrogens (primary N) is 1. The highest BCUT2D eigenvalue weighted by molar-refractivity contribution is 5.96. The van der Waals surface area contributed by atoms with Gasteiger partial charge in [-0.05, 0) is 61.7 Å². The Labute approximate surface area is 387 Å². The smallest absolute Gasteiger partial charge is 0.338 e. The monoisotopic (exact) mass is 924 g/mol. The number of Topliss-reactive ketones (excluding diaryl/α,β-unsaturated/α-hetero) is 1. The van der Waals surface area contributed by atoms with Gasteiger partial charge in [0.05, 0.1) is 29.5 Å². The number of ether oxygens (including phenoxy) is 6. The minimum Gasteiger partial charge on any atom is -0.460 e. The van der Waals surface area contributed by atoms with E-state index in [1.807, 2.05) is 0 Å². The molecule has 1 heterocycles. The van der Waals surface area contributed by atoms with Crippen LogP contribution in [0.1, 0.15) is 93.6 Å². The number of carbonyl (C=O) groups is 7. The van der Waals surface area contributed by atoms with Gasteiger partial charge in [0.1, 0.15) is 36.1 Å². The maximum atomic E-state index is 16.0. The van der Waals surface area contributed by atoms with Crippen LogP contribution in [0.2, 0.25) is 0 Å². The minimum atomic E-state index is -2.46. The van der Waals surface area contributed by atoms with E-state index in [1.165, 1.54) is 32.9 Å². The Morgan fingerprint density at radius 2 is 1.39 bits per heavy atom. The van der Waals surface area contributed by atoms with Gasteiger partial charge in [-0.2, -0.15) is 0 Å². The first-order chi connectivity index (χ1) is 31.6. The lowest BCUT2D eigenvalue weighted by atomic mass is 9.44. The summed E-state index contributed by atoms with van der Waals surface area (Å²) in [5.74, 6) is -8.04. The first-order valence-corrected chi connectivity index (χ1v) is 22.1. The highest BCUT2D eigenvalue weighted by Crippen LogP contribution is 2.65. The van der Waals surface area contributed by atoms with Crippen molar-refractivity contribution in [3.05, 3.63) is 119 Å². The topological polar surface area (TPSA) is 253 Å². The minimum absolute atomic E-state index is 0.0360. The molecule has 4 aliphatic rings. The summed E-state index contributed by atoms with van der Waals surface area (Å²) in [5, 5.41) is 28.5. The molecule has 3 aliphatic carbocycles. The normalized spacial score (nSPS) is 30.7. The van der Waals surface area contributed by atoms with Gasteiger partial charge < -0.3 is 49.7 Å². The Morgan fingerprint density at radius 1 is 0.806 bits per heavy atom. The number of hydrogen-bond acceptors (Lipinski definition) is 16. The molecule has 67 heavy (non-hydrogen) atoms. The lowest BCUT2D eigenvalue weighted by Gasteiger charge is -2.67. The fraction of sp³-hybridized carbons (Fsp3) is 0.460. The van der Waals surface area contributed by atoms with Gasteiger partial charge in [0.25, 0.3) is 5.91 Å². The molecule has 5 N–H and O–H groups in total. The molecule has 12 atom stereocenters. The van der Waals surface area contributed by atoms with E-state index in [1.54, 1.807) is 92.7 Å². The summed E-state index contributed by atoms with van der Waals surface area (Å²) in [6.45, 7) is 9.22. The van der Waals surface area contributed by atoms with Crippen LogP contribution in [0.25, 0.3) is 0 Å². The van der Waals surface area contributed by atoms with Crippen molar-refractivity contribution in [3.63, 3.8) is 0 Å². The number of amides is 1. The zero-order chi connectivity index (χ0) is 48.8. The number of rotatable bonds is 12. The molecule has 356 valence electrons. The molecule has 2 saturated carbocycles. The summed E-state index contributed by atoms with van der Waals surface area (Å²) >= 11 is 0. The predicted molar refractivity (Wildman–Crippen MR) is 235 cm³/mol. The van der Waals surface area contributed by atoms with Crippen LogP contribution in [0.15, 0.2) is 102 Å². The zero-order valence-corrected chi connectivity index (χ0v) is 38.3. The average Bonchev–Trinajstić information content (AvgIpc) is 3.28. The van der Waals surface area contributed by atoms with Gasteiger partial charge in [0.15, 0.2) is 23.6 Å². The molecule has 1 saturated heterocycles. The average molecular weight is 925 g/mol. The van der Waals surface area contributed by atoms with E-state index >= 15 is 4.79 Å². The second kappa shape index (κ2) is 18.4. The van der Waals surface area contributed by atoms with Crippen LogP contribution in [-0.2, 0) is 52.4 Å². The summed E-state index contributed by atoms with van der Waals surface area (Å²) in [6, 6.07) is 21.6. The van der Waals surface area contributed by atoms with Crippen molar-refractivity contribution >= 4 is 41.5 Å². The first-order valence-electron chi connectivity index (χ1n) is 22.1. The number of aliphatic hydroxyl groups is 2. The Hall–Kier alpha value is -6.27. The van der Waals surface area contributed by atoms with Gasteiger partial charge in [-0.25, -0.2) is 9.59 Å². The highest BCUT2D eigenvalue weighted by Gasteiger charge is 2.79. The van der Waals surface area contributed by atoms with Crippen molar-refractivity contribution in [2.45, 2.75) is 121 Å². The second-order valence-corrected chi connectivity index (χ2v) is 18.6. The Morgan fingerprint density at radius 3 is 1.93 bits per heavy atom. The number of ketones is 1. The molecule has 3 aromatic carbocycles. The third-order valence-electron chi connectivity index (χ3n) is 14.1. The number of esters is 5. The summed E-state index contributed by atoms with van der Waals surface area (Å²) in [6.07, 6.45) is -10.8. The van der Waals surface area contributed by atoms with Gasteiger partial charge >= 0.3 is 29.8 Å². The van der Waals surface area contributed by atoms with Crippen molar-refractivity contribution in [3.8, 4) is 0 Å². The molecule has 8 unspecified atom stereocenters. The summed E-state index contributed by atoms with van der Waals surface area (Å²) < 4.78 is 36.8. The molecule has 1 amide bonds. The summed E-state index contributed by atoms with van der Waals surface area (Å²) in [4.78, 5) is 98.3. The van der Waals surface area contributed by atoms with Crippen LogP contribution in [0.4, 0.5) is 0 Å². The van der Waals surface area contributed by atoms with E-state index in [0.29, 0.717) is 5.56 Å². The van der Waals surface area contributed by atoms with Crippen LogP contribution < -0.4 is 11.1 Å². The maximum absolute atomic E-state index is 16.0. The van der Waals surface area contributed by atoms with Crippen molar-refractivity contribution in [1.29, 1.82) is 0 Å². The SMILES string of the molecule is CC(=O)O[C@H]1C(=O)[C@@]2(C)C(C(OC(=O)c3ccccc3)[C@]3(O)CC(OC(=O)C(O)C(NC(=O)c4ccccc4)c4ccccc4)C(C)=C1C3(C)C)C1(OC(C)=O)COC1C[C@@H]2OC(=O)C(C)N. The van der Waals surface area contributed by atoms with E-state index in [0.717, 1.165) is 13.8 Å². The Bertz CT molecular complexity index is 2460. The molecule has 2 bridgehead atoms. The van der Waals surface area contributed by atoms with Crippen LogP contribution in [0.5, 0.6) is 0 Å². The van der Waals surface area contributed by atoms with Gasteiger partial charge in [0, 0.05) is 37.7 Å². The van der Waals surface area contributed by atoms with Crippen molar-refractivity contribution < 1.29 is 72.2 Å². The van der Waals surface area contributed by atoms with E-state index < -0.39 is 125 Å². The number of fused-ring (bicyclic) bond motifs is 5. The fourth-order valence-electron chi connectivity index (χ4n) is 10.6. The standard InChI is InChI=1S/C50H56N2O15/c1-26-33(64-46(60)38(55)37(30-17-11-8-12-18-30)52-43(57)31-19-13-9-14-20-31)24-50(61)42(66-45(59)32-21-15-10-16-22-32)40-48(7,41(56)39(63-28(3)53)36(26)47(50,5)6)34(65-44(58)27(2)51)23-35-49(40,25-62-35)67-29(4)54/h8-22,27,33-35,37-40,42,55,61H,23-25,51H2,1-7H3,(H,52,57)/t27?,33?,34-,35?,37?,38?,39+,40?,42?,48+,49?,50+/m0/s1. The number of hydrogen-bond donors (Lipinski definition) is 4. The van der Waals surface area contributed by atoms with E-state index in [9.17, 15) is 39.0 Å². The molecule has 7 rings (SSSR count). The number of carbonyl (C=O) groups excluding carboxylic acids is 7. The number of nitrogens with one attached hydrogen (secondary N) is 1. The van der Waals surface area contributed by atoms with Crippen LogP contribution >= 0.6 is 0 Å². The summed E-state index contributed by atoms with van der Waals surface area (Å²) in [5.41, 5.74) is -1.49. The van der Waals surface area contributed by atoms with E-state index in [2.05, 4.69) is 5.32 Å². The van der Waals surface area contributed by atoms with Crippen LogP contribution in [0, 0.1) is 16.7 Å². The van der Waals surface area contributed by atoms with Gasteiger partial charge in [-0.3, -0.25) is 24.0 Å². The third-order valence-corrected chi connectivity index (χ3v) is 14.1. The van der Waals surface area contributed by atoms with Crippen LogP contribution in [-0.4, -0.2) is 112 Å². The first kappa shape index (κ1) is 48.7. The molecule has 3 fully saturated rings. The maximum Gasteiger partial charge on any atom is 0.338 e. The van der Waals surface area contributed by atoms with E-state index in [-0.39, 0.29) is 35.3 Å². The second-order valence-electron chi connectivity index (χ2n) is 18.6. The molecule has 1 aliphatic heterocycles. The van der Waals surface area contributed by atoms with Gasteiger partial charge in [0.2, 0.25) is 0 Å². The van der Waals surface area contributed by atoms with Crippen LogP contribution in [0.3, 0.4) is 0 Å². The molecule has 3 aromatic rings. The molecule has 0 radical (unpaired) electrons. The quantitative estimate of drug-likeness (QED) is 0.115. The molecule has 0 aromatic heterocycles.